The molecule has 20 nitrogen and oxygen atoms in total. The Hall–Kier alpha value is -8.75. The molecule has 1 heterocycles. The smallest absolute Gasteiger partial charge is 0.311 e. The van der Waals surface area contributed by atoms with Gasteiger partial charge in [-0.1, -0.05) is 232 Å². The number of hydrogen-bond acceptors (Lipinski definition) is 17. The summed E-state index contributed by atoms with van der Waals surface area (Å²) in [5.41, 5.74) is 2.84. The third kappa shape index (κ3) is 43.0. The number of aliphatic carboxylic acids is 2. The van der Waals surface area contributed by atoms with Crippen molar-refractivity contribution in [1.82, 2.24) is 0 Å². The van der Waals surface area contributed by atoms with Crippen LogP contribution in [-0.4, -0.2) is 120 Å². The number of rotatable bonds is 32. The van der Waals surface area contributed by atoms with Crippen LogP contribution < -0.4 is 9.64 Å². The fourth-order valence-corrected chi connectivity index (χ4v) is 8.46. The number of ether oxygens (including phenoxy) is 6. The Labute approximate surface area is 704 Å². The zero-order chi connectivity index (χ0) is 90.8. The lowest BCUT2D eigenvalue weighted by atomic mass is 9.78. The summed E-state index contributed by atoms with van der Waals surface area (Å²) < 4.78 is 30.8. The molecular weight excluding hydrogens is 1480 g/mol. The van der Waals surface area contributed by atoms with Gasteiger partial charge in [-0.2, -0.15) is 0 Å². The molecule has 660 valence electrons. The number of aliphatic hydroxyl groups excluding tert-OH is 2. The molecule has 5 aromatic rings. The van der Waals surface area contributed by atoms with Crippen LogP contribution in [0.15, 0.2) is 146 Å². The van der Waals surface area contributed by atoms with Crippen LogP contribution in [0.4, 0.5) is 5.69 Å². The Kier molecular flexibility index (Phi) is 53.6. The van der Waals surface area contributed by atoms with E-state index < -0.39 is 39.0 Å². The molecule has 1 aliphatic heterocycles. The SMILES string of the molecule is CC1C(=O)N(c2ccccc2)C(=O)C1C.CCC(C)(C)C(=O)O.CCC(C)(C)C(=O)O.CCC(C)(C)C(=O)OCCO.CCC(C)(C)C(=O)OCCO.CCC(C)(C)C(=O)OCCOc1ccc(C(C)(C)c2ccccc2)cc1.CCC(C)(C)C(=O)OCc1ccccc1.CCC(C)(C)c1ccccc1.CCCCOC(=O)C(C)(C)CC. The third-order valence-corrected chi connectivity index (χ3v) is 21.8. The van der Waals surface area contributed by atoms with Crippen molar-refractivity contribution in [2.45, 2.75) is 282 Å². The van der Waals surface area contributed by atoms with Crippen LogP contribution in [0, 0.1) is 49.7 Å². The van der Waals surface area contributed by atoms with Gasteiger partial charge in [-0.05, 0) is 207 Å². The number of para-hydroxylation sites is 1. The monoisotopic (exact) mass is 1640 g/mol. The molecule has 0 aromatic heterocycles. The second-order valence-corrected chi connectivity index (χ2v) is 34.6. The molecule has 0 radical (unpaired) electrons. The number of carbonyl (C=O) groups excluding carboxylic acids is 7. The van der Waals surface area contributed by atoms with E-state index in [1.165, 1.54) is 28.0 Å². The largest absolute Gasteiger partial charge is 0.490 e. The number of esters is 5. The van der Waals surface area contributed by atoms with Crippen molar-refractivity contribution in [3.8, 4) is 5.75 Å². The number of anilines is 1. The molecule has 2 unspecified atom stereocenters. The predicted molar refractivity (Wildman–Crippen MR) is 470 cm³/mol. The first-order valence-electron chi connectivity index (χ1n) is 41.6. The van der Waals surface area contributed by atoms with Gasteiger partial charge in [0.05, 0.1) is 63.4 Å². The zero-order valence-corrected chi connectivity index (χ0v) is 77.1. The molecule has 0 saturated carbocycles. The number of nitrogens with zero attached hydrogens (tertiary/aromatic N) is 1. The van der Waals surface area contributed by atoms with E-state index in [2.05, 4.69) is 108 Å². The average Bonchev–Trinajstić information content (AvgIpc) is 1.75. The van der Waals surface area contributed by atoms with Crippen molar-refractivity contribution < 1.29 is 92.0 Å². The molecular formula is C97H153NO19. The highest BCUT2D eigenvalue weighted by Gasteiger charge is 2.43. The van der Waals surface area contributed by atoms with E-state index in [4.69, 9.17) is 48.8 Å². The number of amides is 2. The lowest BCUT2D eigenvalue weighted by Crippen LogP contribution is -2.30. The van der Waals surface area contributed by atoms with Gasteiger partial charge in [0.25, 0.3) is 0 Å². The second kappa shape index (κ2) is 55.8. The van der Waals surface area contributed by atoms with Gasteiger partial charge in [-0.3, -0.25) is 48.1 Å². The number of carboxylic acid groups (broad SMARTS) is 2. The lowest BCUT2D eigenvalue weighted by molar-refractivity contribution is -0.156. The second-order valence-electron chi connectivity index (χ2n) is 34.6. The summed E-state index contributed by atoms with van der Waals surface area (Å²) in [6.07, 6.45) is 8.46. The van der Waals surface area contributed by atoms with Crippen molar-refractivity contribution in [3.63, 3.8) is 0 Å². The van der Waals surface area contributed by atoms with E-state index in [-0.39, 0.29) is 103 Å². The van der Waals surface area contributed by atoms with Crippen LogP contribution in [0.1, 0.15) is 287 Å². The van der Waals surface area contributed by atoms with Gasteiger partial charge in [0.1, 0.15) is 38.8 Å². The van der Waals surface area contributed by atoms with Crippen molar-refractivity contribution in [2.24, 2.45) is 49.7 Å². The molecule has 20 heteroatoms. The van der Waals surface area contributed by atoms with E-state index in [9.17, 15) is 43.2 Å². The average molecular weight is 1640 g/mol. The maximum absolute atomic E-state index is 11.9. The highest BCUT2D eigenvalue weighted by molar-refractivity contribution is 6.21. The van der Waals surface area contributed by atoms with E-state index in [0.717, 1.165) is 56.3 Å². The summed E-state index contributed by atoms with van der Waals surface area (Å²) in [6.45, 7) is 57.6. The van der Waals surface area contributed by atoms with Crippen molar-refractivity contribution in [1.29, 1.82) is 0 Å². The number of carboxylic acids is 2. The Morgan fingerprint density at radius 2 is 0.632 bits per heavy atom. The standard InChI is InChI=1S/C23H30O3.C13H18O2.C12H13NO2.C11H16.C10H20O2.2C8H16O3.2C6H12O2/c1-6-22(2,3)21(24)26-17-16-25-20-14-12-19(13-15-20)23(4,5)18-10-8-7-9-11-18;1-4-13(2,3)12(14)15-10-11-8-6-5-7-9-11;1-8-9(2)12(15)13(11(8)14)10-6-4-3-5-7-10;1-4-11(2,3)10-8-6-5-7-9-10;1-5-7-8-12-9(11)10(3,4)6-2;2*1-4-8(2,3)7(10)11-6-5-9;2*1-4-6(2,3)5(7)8/h7-15H,6,16-17H2,1-5H3;5-9H,4,10H2,1-3H3;3-9H,1-2H3;5-9H,4H2,1-3H3;5-8H2,1-4H3;2*9H,4-6H2,1-3H3;2*4H2,1-3H3,(H,7,8). The summed E-state index contributed by atoms with van der Waals surface area (Å²) in [5.74, 6) is -2.14. The minimum atomic E-state index is -0.722. The van der Waals surface area contributed by atoms with Crippen molar-refractivity contribution in [3.05, 3.63) is 168 Å². The Balaban J connectivity index is -0.00000128. The van der Waals surface area contributed by atoms with Crippen LogP contribution in [0.25, 0.3) is 0 Å². The highest BCUT2D eigenvalue weighted by atomic mass is 16.6. The van der Waals surface area contributed by atoms with Gasteiger partial charge in [0.15, 0.2) is 0 Å². The molecule has 2 atom stereocenters. The van der Waals surface area contributed by atoms with Gasteiger partial charge >= 0.3 is 41.8 Å². The topological polar surface area (TPSA) is 293 Å². The molecule has 0 aliphatic carbocycles. The summed E-state index contributed by atoms with van der Waals surface area (Å²) in [4.78, 5) is 103. The fourth-order valence-electron chi connectivity index (χ4n) is 8.46. The Bertz CT molecular complexity index is 3540. The maximum Gasteiger partial charge on any atom is 0.311 e. The van der Waals surface area contributed by atoms with E-state index in [1.54, 1.807) is 53.7 Å². The van der Waals surface area contributed by atoms with Gasteiger partial charge in [0.2, 0.25) is 11.8 Å². The molecule has 0 bridgehead atoms. The van der Waals surface area contributed by atoms with Crippen LogP contribution in [0.3, 0.4) is 0 Å². The molecule has 1 saturated heterocycles. The first-order chi connectivity index (χ1) is 54.3. The molecule has 117 heavy (non-hydrogen) atoms. The number of hydrogen-bond donors (Lipinski definition) is 4. The van der Waals surface area contributed by atoms with Crippen molar-refractivity contribution >= 4 is 59.3 Å². The van der Waals surface area contributed by atoms with E-state index in [0.29, 0.717) is 43.8 Å². The van der Waals surface area contributed by atoms with Crippen LogP contribution in [0.2, 0.25) is 0 Å². The summed E-state index contributed by atoms with van der Waals surface area (Å²) in [7, 11) is 0. The molecule has 6 rings (SSSR count). The molecule has 5 aromatic carbocycles. The first kappa shape index (κ1) is 112. The van der Waals surface area contributed by atoms with Gasteiger partial charge < -0.3 is 48.8 Å². The van der Waals surface area contributed by atoms with Crippen molar-refractivity contribution in [2.75, 3.05) is 51.1 Å². The zero-order valence-electron chi connectivity index (χ0n) is 77.1. The summed E-state index contributed by atoms with van der Waals surface area (Å²) in [5, 5.41) is 33.6. The van der Waals surface area contributed by atoms with Gasteiger partial charge in [0, 0.05) is 17.3 Å². The van der Waals surface area contributed by atoms with Crippen LogP contribution >= 0.6 is 0 Å². The predicted octanol–water partition coefficient (Wildman–Crippen LogP) is 21.4. The van der Waals surface area contributed by atoms with Gasteiger partial charge in [-0.15, -0.1) is 0 Å². The highest BCUT2D eigenvalue weighted by Crippen LogP contribution is 2.34. The third-order valence-electron chi connectivity index (χ3n) is 21.8. The lowest BCUT2D eigenvalue weighted by Gasteiger charge is -2.26. The Morgan fingerprint density at radius 3 is 0.932 bits per heavy atom. The minimum absolute atomic E-state index is 0.0684. The molecule has 0 spiro atoms. The first-order valence-corrected chi connectivity index (χ1v) is 41.6. The number of unbranched alkanes of at least 4 members (excludes halogenated alkanes) is 1. The number of aliphatic hydroxyl groups is 2. The van der Waals surface area contributed by atoms with Crippen LogP contribution in [-0.2, 0) is 84.3 Å². The number of benzene rings is 5. The Morgan fingerprint density at radius 1 is 0.342 bits per heavy atom. The van der Waals surface area contributed by atoms with E-state index >= 15 is 0 Å². The number of imide groups is 1. The summed E-state index contributed by atoms with van der Waals surface area (Å²) >= 11 is 0. The molecule has 4 N–H and O–H groups in total. The minimum Gasteiger partial charge on any atom is -0.490 e. The normalized spacial score (nSPS) is 13.3. The quantitative estimate of drug-likeness (QED) is 0.0135. The molecule has 1 fully saturated rings. The van der Waals surface area contributed by atoms with E-state index in [1.807, 2.05) is 184 Å². The van der Waals surface area contributed by atoms with Crippen LogP contribution in [0.5, 0.6) is 5.75 Å². The number of carbonyl (C=O) groups is 9. The fraction of sp³-hybridized carbons (Fsp3) is 0.598. The van der Waals surface area contributed by atoms with Gasteiger partial charge in [-0.25, -0.2) is 0 Å². The maximum atomic E-state index is 11.9. The molecule has 2 amide bonds. The summed E-state index contributed by atoms with van der Waals surface area (Å²) in [6, 6.07) is 48.0. The molecule has 1 aliphatic rings.